The van der Waals surface area contributed by atoms with Crippen LogP contribution in [0.15, 0.2) is 0 Å². The normalized spacial score (nSPS) is 32.5. The third-order valence-corrected chi connectivity index (χ3v) is 6.03. The summed E-state index contributed by atoms with van der Waals surface area (Å²) < 4.78 is 0.149. The molecule has 0 aromatic carbocycles. The summed E-state index contributed by atoms with van der Waals surface area (Å²) in [6.07, 6.45) is 6.31. The maximum absolute atomic E-state index is 11.7. The zero-order valence-corrected chi connectivity index (χ0v) is 11.1. The SMILES string of the molecule is CC1(C)SCCC1C1(C(=O)O)CCCCC1. The van der Waals surface area contributed by atoms with Gasteiger partial charge in [0, 0.05) is 4.75 Å². The minimum atomic E-state index is -0.534. The highest BCUT2D eigenvalue weighted by molar-refractivity contribution is 8.00. The van der Waals surface area contributed by atoms with Crippen LogP contribution >= 0.6 is 11.8 Å². The predicted octanol–water partition coefficient (Wildman–Crippen LogP) is 3.55. The molecule has 2 fully saturated rings. The fraction of sp³-hybridized carbons (Fsp3) is 0.923. The smallest absolute Gasteiger partial charge is 0.309 e. The standard InChI is InChI=1S/C13H22O2S/c1-12(2)10(6-9-16-12)13(11(14)15)7-4-3-5-8-13/h10H,3-9H2,1-2H3,(H,14,15). The van der Waals surface area contributed by atoms with Crippen LogP contribution in [0.3, 0.4) is 0 Å². The highest BCUT2D eigenvalue weighted by atomic mass is 32.2. The topological polar surface area (TPSA) is 37.3 Å². The first kappa shape index (κ1) is 12.3. The summed E-state index contributed by atoms with van der Waals surface area (Å²) in [4.78, 5) is 11.7. The van der Waals surface area contributed by atoms with Crippen molar-refractivity contribution in [2.75, 3.05) is 5.75 Å². The summed E-state index contributed by atoms with van der Waals surface area (Å²) in [5, 5.41) is 9.67. The van der Waals surface area contributed by atoms with Gasteiger partial charge in [-0.25, -0.2) is 0 Å². The van der Waals surface area contributed by atoms with Gasteiger partial charge in [0.05, 0.1) is 5.41 Å². The van der Waals surface area contributed by atoms with E-state index in [-0.39, 0.29) is 4.75 Å². The molecule has 1 N–H and O–H groups in total. The maximum atomic E-state index is 11.7. The van der Waals surface area contributed by atoms with Gasteiger partial charge in [-0.15, -0.1) is 0 Å². The minimum absolute atomic E-state index is 0.149. The van der Waals surface area contributed by atoms with E-state index in [1.54, 1.807) is 0 Å². The fourth-order valence-electron chi connectivity index (χ4n) is 3.72. The predicted molar refractivity (Wildman–Crippen MR) is 67.8 cm³/mol. The molecule has 1 atom stereocenters. The number of rotatable bonds is 2. The largest absolute Gasteiger partial charge is 0.481 e. The summed E-state index contributed by atoms with van der Waals surface area (Å²) in [6, 6.07) is 0. The van der Waals surface area contributed by atoms with Crippen LogP contribution in [0, 0.1) is 11.3 Å². The molecule has 0 amide bonds. The van der Waals surface area contributed by atoms with Gasteiger partial charge in [0.1, 0.15) is 0 Å². The molecule has 16 heavy (non-hydrogen) atoms. The van der Waals surface area contributed by atoms with Crippen LogP contribution in [0.5, 0.6) is 0 Å². The number of thioether (sulfide) groups is 1. The maximum Gasteiger partial charge on any atom is 0.309 e. The van der Waals surface area contributed by atoms with Gasteiger partial charge >= 0.3 is 5.97 Å². The molecule has 2 rings (SSSR count). The van der Waals surface area contributed by atoms with Gasteiger partial charge in [0.2, 0.25) is 0 Å². The molecule has 1 aliphatic carbocycles. The molecule has 92 valence electrons. The molecule has 0 bridgehead atoms. The number of carboxylic acids is 1. The lowest BCUT2D eigenvalue weighted by Gasteiger charge is -2.43. The highest BCUT2D eigenvalue weighted by Gasteiger charge is 2.53. The Morgan fingerprint density at radius 1 is 1.25 bits per heavy atom. The van der Waals surface area contributed by atoms with Crippen LogP contribution in [0.4, 0.5) is 0 Å². The van der Waals surface area contributed by atoms with Crippen molar-refractivity contribution in [2.45, 2.75) is 57.1 Å². The molecule has 1 heterocycles. The Hall–Kier alpha value is -0.180. The lowest BCUT2D eigenvalue weighted by atomic mass is 9.61. The summed E-state index contributed by atoms with van der Waals surface area (Å²) in [5.74, 6) is 0.961. The zero-order valence-electron chi connectivity index (χ0n) is 10.3. The average Bonchev–Trinajstić information content (AvgIpc) is 2.59. The van der Waals surface area contributed by atoms with Crippen LogP contribution in [0.2, 0.25) is 0 Å². The second kappa shape index (κ2) is 4.25. The number of carbonyl (C=O) groups is 1. The number of carboxylic acid groups (broad SMARTS) is 1. The van der Waals surface area contributed by atoms with E-state index in [2.05, 4.69) is 13.8 Å². The first-order valence-electron chi connectivity index (χ1n) is 6.36. The lowest BCUT2D eigenvalue weighted by Crippen LogP contribution is -2.46. The van der Waals surface area contributed by atoms with Crippen molar-refractivity contribution in [3.05, 3.63) is 0 Å². The van der Waals surface area contributed by atoms with Gasteiger partial charge in [0.15, 0.2) is 0 Å². The molecule has 0 spiro atoms. The van der Waals surface area contributed by atoms with Gasteiger partial charge in [-0.2, -0.15) is 11.8 Å². The molecule has 1 saturated heterocycles. The van der Waals surface area contributed by atoms with E-state index in [0.29, 0.717) is 5.92 Å². The average molecular weight is 242 g/mol. The third-order valence-electron chi connectivity index (χ3n) is 4.56. The van der Waals surface area contributed by atoms with E-state index < -0.39 is 11.4 Å². The molecule has 0 aromatic rings. The van der Waals surface area contributed by atoms with E-state index in [0.717, 1.165) is 37.9 Å². The minimum Gasteiger partial charge on any atom is -0.481 e. The van der Waals surface area contributed by atoms with E-state index in [1.165, 1.54) is 6.42 Å². The Balaban J connectivity index is 2.28. The van der Waals surface area contributed by atoms with Crippen molar-refractivity contribution in [1.29, 1.82) is 0 Å². The molecular formula is C13H22O2S. The second-order valence-corrected chi connectivity index (χ2v) is 7.56. The zero-order chi connectivity index (χ0) is 11.8. The lowest BCUT2D eigenvalue weighted by molar-refractivity contribution is -0.156. The molecule has 0 aromatic heterocycles. The third kappa shape index (κ3) is 1.87. The van der Waals surface area contributed by atoms with Crippen molar-refractivity contribution in [2.24, 2.45) is 11.3 Å². The Kier molecular flexibility index (Phi) is 3.26. The monoisotopic (exact) mass is 242 g/mol. The molecule has 3 heteroatoms. The van der Waals surface area contributed by atoms with E-state index in [9.17, 15) is 9.90 Å². The summed E-state index contributed by atoms with van der Waals surface area (Å²) >= 11 is 1.95. The summed E-state index contributed by atoms with van der Waals surface area (Å²) in [7, 11) is 0. The highest BCUT2D eigenvalue weighted by Crippen LogP contribution is 2.56. The Bertz CT molecular complexity index is 280. The quantitative estimate of drug-likeness (QED) is 0.804. The van der Waals surface area contributed by atoms with E-state index in [4.69, 9.17) is 0 Å². The van der Waals surface area contributed by atoms with Gasteiger partial charge in [-0.3, -0.25) is 4.79 Å². The molecule has 2 aliphatic rings. The van der Waals surface area contributed by atoms with Gasteiger partial charge < -0.3 is 5.11 Å². The number of hydrogen-bond donors (Lipinski definition) is 1. The summed E-state index contributed by atoms with van der Waals surface area (Å²) in [5.41, 5.74) is -0.411. The van der Waals surface area contributed by atoms with E-state index >= 15 is 0 Å². The Labute approximate surface area is 102 Å². The molecule has 0 radical (unpaired) electrons. The van der Waals surface area contributed by atoms with Crippen molar-refractivity contribution < 1.29 is 9.90 Å². The number of aliphatic carboxylic acids is 1. The molecule has 1 aliphatic heterocycles. The second-order valence-electron chi connectivity index (χ2n) is 5.82. The van der Waals surface area contributed by atoms with Crippen LogP contribution < -0.4 is 0 Å². The van der Waals surface area contributed by atoms with Crippen molar-refractivity contribution >= 4 is 17.7 Å². The number of hydrogen-bond acceptors (Lipinski definition) is 2. The van der Waals surface area contributed by atoms with Crippen LogP contribution in [0.1, 0.15) is 52.4 Å². The van der Waals surface area contributed by atoms with Gasteiger partial charge in [-0.1, -0.05) is 33.1 Å². The van der Waals surface area contributed by atoms with Gasteiger partial charge in [-0.05, 0) is 30.9 Å². The Morgan fingerprint density at radius 2 is 1.88 bits per heavy atom. The van der Waals surface area contributed by atoms with E-state index in [1.807, 2.05) is 11.8 Å². The fourth-order valence-corrected chi connectivity index (χ4v) is 5.15. The van der Waals surface area contributed by atoms with Gasteiger partial charge in [0.25, 0.3) is 0 Å². The molecular weight excluding hydrogens is 220 g/mol. The first-order chi connectivity index (χ1) is 7.49. The molecule has 1 unspecified atom stereocenters. The Morgan fingerprint density at radius 3 is 2.31 bits per heavy atom. The van der Waals surface area contributed by atoms with Crippen molar-refractivity contribution in [1.82, 2.24) is 0 Å². The van der Waals surface area contributed by atoms with Crippen molar-refractivity contribution in [3.63, 3.8) is 0 Å². The first-order valence-corrected chi connectivity index (χ1v) is 7.35. The summed E-state index contributed by atoms with van der Waals surface area (Å²) in [6.45, 7) is 4.46. The molecule has 2 nitrogen and oxygen atoms in total. The molecule has 1 saturated carbocycles. The van der Waals surface area contributed by atoms with Crippen LogP contribution in [-0.4, -0.2) is 21.6 Å². The van der Waals surface area contributed by atoms with Crippen molar-refractivity contribution in [3.8, 4) is 0 Å². The van der Waals surface area contributed by atoms with Crippen LogP contribution in [-0.2, 0) is 4.79 Å². The van der Waals surface area contributed by atoms with Crippen LogP contribution in [0.25, 0.3) is 0 Å².